The van der Waals surface area contributed by atoms with Gasteiger partial charge in [0.2, 0.25) is 0 Å². The maximum atomic E-state index is 11.2. The third kappa shape index (κ3) is 10.9. The first kappa shape index (κ1) is 15.6. The Morgan fingerprint density at radius 2 is 1.76 bits per heavy atom. The van der Waals surface area contributed by atoms with Crippen LogP contribution in [-0.4, -0.2) is 31.8 Å². The minimum atomic E-state index is -0.329. The molecule has 5 nitrogen and oxygen atoms in total. The molecule has 0 aromatic heterocycles. The van der Waals surface area contributed by atoms with Crippen LogP contribution in [0.5, 0.6) is 0 Å². The lowest BCUT2D eigenvalue weighted by Gasteiger charge is -2.04. The molecule has 0 heterocycles. The fourth-order valence-corrected chi connectivity index (χ4v) is 1.12. The summed E-state index contributed by atoms with van der Waals surface area (Å²) >= 11 is 0. The van der Waals surface area contributed by atoms with Gasteiger partial charge in [0.25, 0.3) is 0 Å². The fourth-order valence-electron chi connectivity index (χ4n) is 1.12. The van der Waals surface area contributed by atoms with Crippen molar-refractivity contribution in [3.8, 4) is 0 Å². The molecule has 0 aliphatic heterocycles. The van der Waals surface area contributed by atoms with Crippen LogP contribution in [0.1, 0.15) is 32.6 Å². The minimum absolute atomic E-state index is 0.262. The lowest BCUT2D eigenvalue weighted by molar-refractivity contribution is -0.145. The van der Waals surface area contributed by atoms with E-state index in [1.165, 1.54) is 0 Å². The Morgan fingerprint density at radius 1 is 1.12 bits per heavy atom. The summed E-state index contributed by atoms with van der Waals surface area (Å²) in [6, 6.07) is 0. The number of carbonyl (C=O) groups excluding carboxylic acids is 2. The van der Waals surface area contributed by atoms with Crippen LogP contribution in [0.4, 0.5) is 0 Å². The molecule has 0 bridgehead atoms. The van der Waals surface area contributed by atoms with Crippen molar-refractivity contribution in [3.63, 3.8) is 0 Å². The van der Waals surface area contributed by atoms with Crippen LogP contribution in [-0.2, 0) is 23.8 Å². The lowest BCUT2D eigenvalue weighted by Crippen LogP contribution is -2.10. The lowest BCUT2D eigenvalue weighted by atomic mass is 10.2. The zero-order chi connectivity index (χ0) is 12.9. The molecule has 0 saturated heterocycles. The van der Waals surface area contributed by atoms with Gasteiger partial charge in [0, 0.05) is 19.4 Å². The molecule has 17 heavy (non-hydrogen) atoms. The number of rotatable bonds is 10. The van der Waals surface area contributed by atoms with Gasteiger partial charge in [-0.25, -0.2) is 0 Å². The van der Waals surface area contributed by atoms with Gasteiger partial charge in [0.15, 0.2) is 0 Å². The summed E-state index contributed by atoms with van der Waals surface area (Å²) in [5.74, 6) is -0.591. The number of ether oxygens (including phenoxy) is 3. The second-order valence-corrected chi connectivity index (χ2v) is 3.28. The number of unbranched alkanes of at least 4 members (excludes halogenated alkanes) is 1. The highest BCUT2D eigenvalue weighted by Gasteiger charge is 2.05. The van der Waals surface area contributed by atoms with Crippen LogP contribution in [0.25, 0.3) is 0 Å². The maximum Gasteiger partial charge on any atom is 0.310 e. The second kappa shape index (κ2) is 11.1. The highest BCUT2D eigenvalue weighted by atomic mass is 16.6. The van der Waals surface area contributed by atoms with Crippen LogP contribution < -0.4 is 0 Å². The molecule has 0 atom stereocenters. The number of hydrogen-bond acceptors (Lipinski definition) is 5. The van der Waals surface area contributed by atoms with E-state index >= 15 is 0 Å². The molecule has 0 amide bonds. The average Bonchev–Trinajstić information content (AvgIpc) is 2.31. The summed E-state index contributed by atoms with van der Waals surface area (Å²) in [5, 5.41) is 0. The van der Waals surface area contributed by atoms with Gasteiger partial charge >= 0.3 is 11.9 Å². The molecule has 5 heteroatoms. The molecule has 0 rings (SSSR count). The molecule has 0 unspecified atom stereocenters. The summed E-state index contributed by atoms with van der Waals surface area (Å²) in [6.07, 6.45) is 2.92. The van der Waals surface area contributed by atoms with E-state index in [0.717, 1.165) is 6.26 Å². The molecule has 0 saturated carbocycles. The summed E-state index contributed by atoms with van der Waals surface area (Å²) in [6.45, 7) is 6.48. The maximum absolute atomic E-state index is 11.2. The SMILES string of the molecule is C=COC(=O)CCCCC(=O)OCCOCC. The van der Waals surface area contributed by atoms with Gasteiger partial charge in [-0.15, -0.1) is 0 Å². The molecule has 0 radical (unpaired) electrons. The predicted molar refractivity (Wildman–Crippen MR) is 62.2 cm³/mol. The molecular weight excluding hydrogens is 224 g/mol. The first-order valence-electron chi connectivity index (χ1n) is 5.74. The van der Waals surface area contributed by atoms with Crippen molar-refractivity contribution in [2.24, 2.45) is 0 Å². The van der Waals surface area contributed by atoms with E-state index in [-0.39, 0.29) is 25.0 Å². The molecule has 0 aromatic rings. The summed E-state index contributed by atoms with van der Waals surface area (Å²) in [4.78, 5) is 22.1. The van der Waals surface area contributed by atoms with Gasteiger partial charge in [-0.1, -0.05) is 6.58 Å². The highest BCUT2D eigenvalue weighted by Crippen LogP contribution is 2.02. The van der Waals surface area contributed by atoms with Gasteiger partial charge in [0.05, 0.1) is 12.9 Å². The van der Waals surface area contributed by atoms with E-state index in [0.29, 0.717) is 32.5 Å². The van der Waals surface area contributed by atoms with Gasteiger partial charge in [-0.3, -0.25) is 9.59 Å². The van der Waals surface area contributed by atoms with Crippen molar-refractivity contribution in [1.82, 2.24) is 0 Å². The standard InChI is InChI=1S/C12H20O5/c1-3-15-9-10-17-12(14)8-6-5-7-11(13)16-4-2/h4H,2-3,5-10H2,1H3. The van der Waals surface area contributed by atoms with Gasteiger partial charge in [0.1, 0.15) is 6.61 Å². The van der Waals surface area contributed by atoms with E-state index in [1.807, 2.05) is 6.92 Å². The van der Waals surface area contributed by atoms with Crippen LogP contribution in [0.3, 0.4) is 0 Å². The fraction of sp³-hybridized carbons (Fsp3) is 0.667. The van der Waals surface area contributed by atoms with Crippen molar-refractivity contribution in [2.75, 3.05) is 19.8 Å². The van der Waals surface area contributed by atoms with Crippen LogP contribution in [0.2, 0.25) is 0 Å². The average molecular weight is 244 g/mol. The molecule has 0 spiro atoms. The largest absolute Gasteiger partial charge is 0.463 e. The van der Waals surface area contributed by atoms with Crippen LogP contribution >= 0.6 is 0 Å². The summed E-state index contributed by atoms with van der Waals surface area (Å²) in [7, 11) is 0. The van der Waals surface area contributed by atoms with E-state index in [4.69, 9.17) is 9.47 Å². The van der Waals surface area contributed by atoms with E-state index in [2.05, 4.69) is 11.3 Å². The van der Waals surface area contributed by atoms with Gasteiger partial charge < -0.3 is 14.2 Å². The second-order valence-electron chi connectivity index (χ2n) is 3.28. The Labute approximate surface area is 102 Å². The molecule has 0 fully saturated rings. The normalized spacial score (nSPS) is 9.71. The van der Waals surface area contributed by atoms with Crippen molar-refractivity contribution in [1.29, 1.82) is 0 Å². The molecule has 0 aromatic carbocycles. The highest BCUT2D eigenvalue weighted by molar-refractivity contribution is 5.70. The van der Waals surface area contributed by atoms with E-state index in [1.54, 1.807) is 0 Å². The minimum Gasteiger partial charge on any atom is -0.463 e. The van der Waals surface area contributed by atoms with E-state index < -0.39 is 0 Å². The third-order valence-corrected chi connectivity index (χ3v) is 1.92. The van der Waals surface area contributed by atoms with Crippen molar-refractivity contribution in [2.45, 2.75) is 32.6 Å². The zero-order valence-corrected chi connectivity index (χ0v) is 10.3. The number of carbonyl (C=O) groups is 2. The first-order chi connectivity index (χ1) is 8.20. The smallest absolute Gasteiger partial charge is 0.310 e. The first-order valence-corrected chi connectivity index (χ1v) is 5.74. The Balaban J connectivity index is 3.32. The van der Waals surface area contributed by atoms with Crippen molar-refractivity contribution < 1.29 is 23.8 Å². The van der Waals surface area contributed by atoms with Crippen molar-refractivity contribution in [3.05, 3.63) is 12.8 Å². The molecule has 98 valence electrons. The Kier molecular flexibility index (Phi) is 10.2. The molecular formula is C12H20O5. The summed E-state index contributed by atoms with van der Waals surface area (Å²) < 4.78 is 14.5. The number of hydrogen-bond donors (Lipinski definition) is 0. The molecule has 0 aliphatic rings. The van der Waals surface area contributed by atoms with Crippen molar-refractivity contribution >= 4 is 11.9 Å². The molecule has 0 N–H and O–H groups in total. The Bertz CT molecular complexity index is 237. The Morgan fingerprint density at radius 3 is 2.35 bits per heavy atom. The Hall–Kier alpha value is -1.36. The predicted octanol–water partition coefficient (Wildman–Crippen LogP) is 1.81. The molecule has 0 aliphatic carbocycles. The number of esters is 2. The van der Waals surface area contributed by atoms with Gasteiger partial charge in [-0.2, -0.15) is 0 Å². The van der Waals surface area contributed by atoms with E-state index in [9.17, 15) is 9.59 Å². The quantitative estimate of drug-likeness (QED) is 0.333. The van der Waals surface area contributed by atoms with Crippen LogP contribution in [0.15, 0.2) is 12.8 Å². The third-order valence-electron chi connectivity index (χ3n) is 1.92. The zero-order valence-electron chi connectivity index (χ0n) is 10.3. The summed E-state index contributed by atoms with van der Waals surface area (Å²) in [5.41, 5.74) is 0. The topological polar surface area (TPSA) is 61.8 Å². The van der Waals surface area contributed by atoms with Crippen LogP contribution in [0, 0.1) is 0 Å². The monoisotopic (exact) mass is 244 g/mol. The van der Waals surface area contributed by atoms with Gasteiger partial charge in [-0.05, 0) is 19.8 Å².